The van der Waals surface area contributed by atoms with Crippen LogP contribution in [0.4, 0.5) is 4.79 Å². The molecule has 10 nitrogen and oxygen atoms in total. The molecule has 31 heavy (non-hydrogen) atoms. The van der Waals surface area contributed by atoms with Crippen LogP contribution >= 0.6 is 0 Å². The summed E-state index contributed by atoms with van der Waals surface area (Å²) in [6.45, 7) is 2.30. The molecule has 2 rings (SSSR count). The molecule has 172 valence electrons. The van der Waals surface area contributed by atoms with E-state index in [4.69, 9.17) is 14.2 Å². The van der Waals surface area contributed by atoms with Gasteiger partial charge in [0.1, 0.15) is 4.90 Å². The van der Waals surface area contributed by atoms with E-state index in [-0.39, 0.29) is 42.1 Å². The number of methoxy groups -OCH3 is 3. The first-order valence-electron chi connectivity index (χ1n) is 9.72. The highest BCUT2D eigenvalue weighted by Crippen LogP contribution is 2.38. The largest absolute Gasteiger partial charge is 0.493 e. The molecule has 1 aromatic carbocycles. The van der Waals surface area contributed by atoms with E-state index < -0.39 is 22.1 Å². The molecular weight excluding hydrogens is 428 g/mol. The molecular formula is C20H28N2O8S. The van der Waals surface area contributed by atoms with Crippen molar-refractivity contribution in [1.29, 1.82) is 0 Å². The van der Waals surface area contributed by atoms with Gasteiger partial charge in [-0.2, -0.15) is 4.31 Å². The summed E-state index contributed by atoms with van der Waals surface area (Å²) in [4.78, 5) is 23.1. The molecule has 1 atom stereocenters. The van der Waals surface area contributed by atoms with Gasteiger partial charge in [0.05, 0.1) is 27.9 Å². The predicted octanol–water partition coefficient (Wildman–Crippen LogP) is 1.79. The Morgan fingerprint density at radius 2 is 1.97 bits per heavy atom. The van der Waals surface area contributed by atoms with Crippen molar-refractivity contribution in [3.8, 4) is 11.5 Å². The highest BCUT2D eigenvalue weighted by atomic mass is 32.2. The second-order valence-corrected chi connectivity index (χ2v) is 8.58. The fourth-order valence-electron chi connectivity index (χ4n) is 3.23. The summed E-state index contributed by atoms with van der Waals surface area (Å²) in [5.74, 6) is -0.326. The lowest BCUT2D eigenvalue weighted by Gasteiger charge is -2.32. The highest BCUT2D eigenvalue weighted by Gasteiger charge is 2.34. The van der Waals surface area contributed by atoms with Crippen LogP contribution in [0.2, 0.25) is 0 Å². The van der Waals surface area contributed by atoms with Crippen molar-refractivity contribution in [3.05, 3.63) is 23.8 Å². The van der Waals surface area contributed by atoms with E-state index >= 15 is 0 Å². The highest BCUT2D eigenvalue weighted by molar-refractivity contribution is 7.89. The number of amides is 1. The second kappa shape index (κ2) is 11.0. The van der Waals surface area contributed by atoms with E-state index in [1.807, 2.05) is 0 Å². The summed E-state index contributed by atoms with van der Waals surface area (Å²) < 4.78 is 48.3. The second-order valence-electron chi connectivity index (χ2n) is 6.68. The van der Waals surface area contributed by atoms with Crippen molar-refractivity contribution in [2.45, 2.75) is 30.7 Å². The van der Waals surface area contributed by atoms with Crippen molar-refractivity contribution in [1.82, 2.24) is 9.62 Å². The SMILES string of the molecule is CCOC(=O)NC1CCCN(S(=O)(=O)c2cc(/C=C/C(=O)OC)cc(OC)c2OC)C1. The minimum absolute atomic E-state index is 0.0539. The van der Waals surface area contributed by atoms with Crippen LogP contribution in [0.1, 0.15) is 25.3 Å². The number of ether oxygens (including phenoxy) is 4. The first-order chi connectivity index (χ1) is 14.8. The van der Waals surface area contributed by atoms with Crippen LogP contribution in [-0.4, -0.2) is 71.9 Å². The van der Waals surface area contributed by atoms with Crippen LogP contribution in [0.3, 0.4) is 0 Å². The zero-order chi connectivity index (χ0) is 23.0. The number of sulfonamides is 1. The third-order valence-corrected chi connectivity index (χ3v) is 6.55. The van der Waals surface area contributed by atoms with Crippen LogP contribution < -0.4 is 14.8 Å². The maximum absolute atomic E-state index is 13.5. The van der Waals surface area contributed by atoms with Crippen molar-refractivity contribution in [2.75, 3.05) is 41.0 Å². The van der Waals surface area contributed by atoms with Gasteiger partial charge in [-0.05, 0) is 43.5 Å². The van der Waals surface area contributed by atoms with E-state index in [0.29, 0.717) is 18.4 Å². The zero-order valence-electron chi connectivity index (χ0n) is 18.0. The summed E-state index contributed by atoms with van der Waals surface area (Å²) in [5.41, 5.74) is 0.417. The van der Waals surface area contributed by atoms with Crippen molar-refractivity contribution < 1.29 is 37.0 Å². The first-order valence-corrected chi connectivity index (χ1v) is 11.2. The maximum Gasteiger partial charge on any atom is 0.407 e. The van der Waals surface area contributed by atoms with Gasteiger partial charge in [-0.1, -0.05) is 0 Å². The Balaban J connectivity index is 2.40. The van der Waals surface area contributed by atoms with Gasteiger partial charge in [0, 0.05) is 25.2 Å². The number of esters is 1. The van der Waals surface area contributed by atoms with Crippen molar-refractivity contribution in [3.63, 3.8) is 0 Å². The van der Waals surface area contributed by atoms with Gasteiger partial charge in [-0.3, -0.25) is 0 Å². The molecule has 1 amide bonds. The quantitative estimate of drug-likeness (QED) is 0.464. The monoisotopic (exact) mass is 456 g/mol. The number of carbonyl (C=O) groups is 2. The Morgan fingerprint density at radius 3 is 2.58 bits per heavy atom. The minimum Gasteiger partial charge on any atom is -0.493 e. The molecule has 1 aromatic rings. The van der Waals surface area contributed by atoms with Gasteiger partial charge in [-0.15, -0.1) is 0 Å². The average molecular weight is 457 g/mol. The van der Waals surface area contributed by atoms with Gasteiger partial charge >= 0.3 is 12.1 Å². The Kier molecular flexibility index (Phi) is 8.69. The fraction of sp³-hybridized carbons (Fsp3) is 0.500. The molecule has 0 aromatic heterocycles. The van der Waals surface area contributed by atoms with E-state index in [0.717, 1.165) is 0 Å². The van der Waals surface area contributed by atoms with E-state index in [1.54, 1.807) is 13.0 Å². The standard InChI is InChI=1S/C20H28N2O8S/c1-5-30-20(24)21-15-7-6-10-22(13-15)31(25,26)17-12-14(8-9-18(23)28-3)11-16(27-2)19(17)29-4/h8-9,11-12,15H,5-7,10,13H2,1-4H3,(H,21,24)/b9-8+. The molecule has 1 N–H and O–H groups in total. The zero-order valence-corrected chi connectivity index (χ0v) is 18.9. The van der Waals surface area contributed by atoms with Gasteiger partial charge in [0.2, 0.25) is 10.0 Å². The summed E-state index contributed by atoms with van der Waals surface area (Å²) >= 11 is 0. The van der Waals surface area contributed by atoms with Crippen molar-refractivity contribution >= 4 is 28.2 Å². The minimum atomic E-state index is -4.00. The number of hydrogen-bond donors (Lipinski definition) is 1. The van der Waals surface area contributed by atoms with Gasteiger partial charge < -0.3 is 24.3 Å². The Bertz CT molecular complexity index is 929. The molecule has 0 bridgehead atoms. The molecule has 1 aliphatic heterocycles. The molecule has 0 aliphatic carbocycles. The molecule has 11 heteroatoms. The summed E-state index contributed by atoms with van der Waals surface area (Å²) in [6.07, 6.45) is 3.22. The Morgan fingerprint density at radius 1 is 1.23 bits per heavy atom. The summed E-state index contributed by atoms with van der Waals surface area (Å²) in [5, 5.41) is 2.69. The third kappa shape index (κ3) is 6.11. The van der Waals surface area contributed by atoms with E-state index in [9.17, 15) is 18.0 Å². The third-order valence-electron chi connectivity index (χ3n) is 4.68. The lowest BCUT2D eigenvalue weighted by Crippen LogP contribution is -2.49. The molecule has 0 spiro atoms. The maximum atomic E-state index is 13.5. The first kappa shape index (κ1) is 24.5. The number of carbonyl (C=O) groups excluding carboxylic acids is 2. The van der Waals surface area contributed by atoms with E-state index in [1.165, 1.54) is 43.9 Å². The van der Waals surface area contributed by atoms with Gasteiger partial charge in [0.25, 0.3) is 0 Å². The van der Waals surface area contributed by atoms with Gasteiger partial charge in [0.15, 0.2) is 11.5 Å². The van der Waals surface area contributed by atoms with Crippen LogP contribution in [0.25, 0.3) is 6.08 Å². The van der Waals surface area contributed by atoms with Crippen LogP contribution in [0.15, 0.2) is 23.1 Å². The van der Waals surface area contributed by atoms with Gasteiger partial charge in [-0.25, -0.2) is 18.0 Å². The molecule has 1 heterocycles. The number of benzene rings is 1. The Labute approximate surface area is 182 Å². The number of piperidine rings is 1. The molecule has 1 unspecified atom stereocenters. The molecule has 0 radical (unpaired) electrons. The van der Waals surface area contributed by atoms with Crippen molar-refractivity contribution in [2.24, 2.45) is 0 Å². The normalized spacial score (nSPS) is 17.2. The lowest BCUT2D eigenvalue weighted by molar-refractivity contribution is -0.134. The van der Waals surface area contributed by atoms with E-state index in [2.05, 4.69) is 10.1 Å². The van der Waals surface area contributed by atoms with Crippen LogP contribution in [-0.2, 0) is 24.3 Å². The lowest BCUT2D eigenvalue weighted by atomic mass is 10.1. The topological polar surface area (TPSA) is 120 Å². The predicted molar refractivity (Wildman–Crippen MR) is 113 cm³/mol. The van der Waals surface area contributed by atoms with Crippen LogP contribution in [0.5, 0.6) is 11.5 Å². The summed E-state index contributed by atoms with van der Waals surface area (Å²) in [7, 11) is -0.0141. The Hall–Kier alpha value is -2.79. The number of nitrogens with one attached hydrogen (secondary N) is 1. The number of nitrogens with zero attached hydrogens (tertiary/aromatic N) is 1. The molecule has 0 saturated carbocycles. The number of rotatable bonds is 8. The average Bonchev–Trinajstić information content (AvgIpc) is 2.76. The number of hydrogen-bond acceptors (Lipinski definition) is 8. The fourth-order valence-corrected chi connectivity index (χ4v) is 4.95. The number of alkyl carbamates (subject to hydrolysis) is 1. The molecule has 1 aliphatic rings. The smallest absolute Gasteiger partial charge is 0.407 e. The molecule has 1 fully saturated rings. The molecule has 1 saturated heterocycles. The van der Waals surface area contributed by atoms with Crippen LogP contribution in [0, 0.1) is 0 Å². The summed E-state index contributed by atoms with van der Waals surface area (Å²) in [6, 6.07) is 2.58.